The Balaban J connectivity index is 1.76. The molecule has 0 saturated carbocycles. The van der Waals surface area contributed by atoms with Crippen molar-refractivity contribution < 1.29 is 13.4 Å². The quantitative estimate of drug-likeness (QED) is 0.165. The molecule has 0 aliphatic rings. The molecule has 0 unspecified atom stereocenters. The van der Waals surface area contributed by atoms with Crippen LogP contribution in [-0.2, 0) is 37.1 Å². The van der Waals surface area contributed by atoms with Gasteiger partial charge in [0.1, 0.15) is 0 Å². The summed E-state index contributed by atoms with van der Waals surface area (Å²) in [7, 11) is -4.39. The third kappa shape index (κ3) is 10.1. The van der Waals surface area contributed by atoms with Crippen molar-refractivity contribution in [3.63, 3.8) is 0 Å². The van der Waals surface area contributed by atoms with Gasteiger partial charge in [0.15, 0.2) is 0 Å². The third-order valence-corrected chi connectivity index (χ3v) is 20.7. The molecular formula is C40H52I2O4S. The van der Waals surface area contributed by atoms with E-state index < -0.39 is 50.9 Å². The fourth-order valence-corrected chi connectivity index (χ4v) is 17.3. The van der Waals surface area contributed by atoms with Crippen LogP contribution >= 0.6 is 40.5 Å². The van der Waals surface area contributed by atoms with E-state index in [1.807, 2.05) is 48.5 Å². The summed E-state index contributed by atoms with van der Waals surface area (Å²) in [5, 5.41) is 0. The monoisotopic (exact) mass is 882 g/mol. The number of hydrogen-bond acceptors (Lipinski definition) is 4. The average molecular weight is 883 g/mol. The summed E-state index contributed by atoms with van der Waals surface area (Å²) in [5.74, 6) is 0. The molecule has 0 aliphatic carbocycles. The minimum atomic E-state index is -4.39. The SMILES string of the molecule is CC(C)(C)c1ccc(I(OS(=O)(=O)OI(c2ccc(C(C)(C)C)cc2)c2ccc(C(C)(C)C)cc2)c2ccc(C(C)(C)C)cc2)cc1. The maximum absolute atomic E-state index is 14.1. The molecule has 0 heterocycles. The number of hydrogen-bond donors (Lipinski definition) is 0. The summed E-state index contributed by atoms with van der Waals surface area (Å²) >= 11 is -5.92. The van der Waals surface area contributed by atoms with Gasteiger partial charge in [-0.2, -0.15) is 0 Å². The van der Waals surface area contributed by atoms with Crippen molar-refractivity contribution in [3.05, 3.63) is 134 Å². The molecule has 0 bridgehead atoms. The van der Waals surface area contributed by atoms with Gasteiger partial charge in [-0.15, -0.1) is 0 Å². The second kappa shape index (κ2) is 14.2. The van der Waals surface area contributed by atoms with Crippen molar-refractivity contribution in [1.29, 1.82) is 0 Å². The molecular weight excluding hydrogens is 830 g/mol. The van der Waals surface area contributed by atoms with Gasteiger partial charge in [0, 0.05) is 0 Å². The minimum absolute atomic E-state index is 0.0212. The van der Waals surface area contributed by atoms with E-state index >= 15 is 0 Å². The van der Waals surface area contributed by atoms with Crippen molar-refractivity contribution in [2.45, 2.75) is 105 Å². The Hall–Kier alpha value is -1.79. The summed E-state index contributed by atoms with van der Waals surface area (Å²) in [6.45, 7) is 26.1. The molecule has 0 atom stereocenters. The molecule has 0 spiro atoms. The van der Waals surface area contributed by atoms with Crippen LogP contribution in [0.3, 0.4) is 0 Å². The molecule has 0 aromatic heterocycles. The van der Waals surface area contributed by atoms with Crippen LogP contribution in [0.15, 0.2) is 97.1 Å². The van der Waals surface area contributed by atoms with E-state index in [2.05, 4.69) is 132 Å². The number of rotatable bonds is 8. The molecule has 4 aromatic rings. The zero-order chi connectivity index (χ0) is 35.0. The summed E-state index contributed by atoms with van der Waals surface area (Å²) < 4.78 is 44.3. The van der Waals surface area contributed by atoms with Gasteiger partial charge in [-0.25, -0.2) is 0 Å². The van der Waals surface area contributed by atoms with Gasteiger partial charge >= 0.3 is 303 Å². The molecule has 0 fully saturated rings. The summed E-state index contributed by atoms with van der Waals surface area (Å²) in [4.78, 5) is 0. The zero-order valence-corrected chi connectivity index (χ0v) is 35.2. The number of benzene rings is 4. The van der Waals surface area contributed by atoms with E-state index in [1.165, 1.54) is 22.3 Å². The van der Waals surface area contributed by atoms with Crippen molar-refractivity contribution >= 4 is 50.9 Å². The first-order valence-electron chi connectivity index (χ1n) is 16.0. The molecule has 0 saturated heterocycles. The topological polar surface area (TPSA) is 52.6 Å². The fourth-order valence-electron chi connectivity index (χ4n) is 4.82. The first-order valence-corrected chi connectivity index (χ1v) is 23.4. The van der Waals surface area contributed by atoms with Crippen molar-refractivity contribution in [2.24, 2.45) is 0 Å². The van der Waals surface area contributed by atoms with Crippen LogP contribution in [0.25, 0.3) is 0 Å². The second-order valence-corrected chi connectivity index (χ2v) is 27.1. The molecule has 0 N–H and O–H groups in total. The Bertz CT molecular complexity index is 1490. The van der Waals surface area contributed by atoms with Crippen LogP contribution in [0.4, 0.5) is 0 Å². The molecule has 256 valence electrons. The predicted molar refractivity (Wildman–Crippen MR) is 214 cm³/mol. The van der Waals surface area contributed by atoms with Gasteiger partial charge in [0.05, 0.1) is 0 Å². The van der Waals surface area contributed by atoms with Gasteiger partial charge in [0.25, 0.3) is 0 Å². The van der Waals surface area contributed by atoms with Crippen molar-refractivity contribution in [3.8, 4) is 0 Å². The van der Waals surface area contributed by atoms with Gasteiger partial charge in [-0.05, 0) is 0 Å². The van der Waals surface area contributed by atoms with E-state index in [-0.39, 0.29) is 21.7 Å². The molecule has 0 aliphatic heterocycles. The van der Waals surface area contributed by atoms with E-state index in [1.54, 1.807) is 0 Å². The normalized spacial score (nSPS) is 13.8. The Labute approximate surface area is 300 Å². The van der Waals surface area contributed by atoms with Gasteiger partial charge in [0.2, 0.25) is 0 Å². The predicted octanol–water partition coefficient (Wildman–Crippen LogP) is 11.8. The van der Waals surface area contributed by atoms with Crippen LogP contribution in [0.5, 0.6) is 0 Å². The fraction of sp³-hybridized carbons (Fsp3) is 0.400. The van der Waals surface area contributed by atoms with Crippen molar-refractivity contribution in [1.82, 2.24) is 0 Å². The standard InChI is InChI=1S/C40H52I2O4S/c1-37(2,3)29-13-21-33(22-14-29)41(34-23-15-30(16-24-34)38(4,5)6)45-47(43,44)46-42(35-25-17-31(18-26-35)39(7,8)9)36-27-19-32(20-28-36)40(10,11)12/h13-28H,1-12H3. The van der Waals surface area contributed by atoms with Crippen LogP contribution in [0.2, 0.25) is 0 Å². The third-order valence-electron chi connectivity index (χ3n) is 7.91. The maximum atomic E-state index is 14.1. The molecule has 4 nitrogen and oxygen atoms in total. The zero-order valence-electron chi connectivity index (χ0n) is 30.0. The summed E-state index contributed by atoms with van der Waals surface area (Å²) in [5.41, 5.74) is 4.66. The first-order chi connectivity index (χ1) is 21.5. The summed E-state index contributed by atoms with van der Waals surface area (Å²) in [6, 6.07) is 33.0. The van der Waals surface area contributed by atoms with Gasteiger partial charge in [-0.3, -0.25) is 0 Å². The molecule has 0 amide bonds. The van der Waals surface area contributed by atoms with Crippen LogP contribution in [-0.4, -0.2) is 8.42 Å². The van der Waals surface area contributed by atoms with Gasteiger partial charge in [-0.1, -0.05) is 0 Å². The Kier molecular flexibility index (Phi) is 11.5. The van der Waals surface area contributed by atoms with Crippen LogP contribution in [0, 0.1) is 14.3 Å². The Morgan fingerprint density at radius 2 is 0.532 bits per heavy atom. The summed E-state index contributed by atoms with van der Waals surface area (Å²) in [6.07, 6.45) is 0. The van der Waals surface area contributed by atoms with Gasteiger partial charge < -0.3 is 0 Å². The van der Waals surface area contributed by atoms with E-state index in [4.69, 9.17) is 5.03 Å². The Morgan fingerprint density at radius 1 is 0.362 bits per heavy atom. The average Bonchev–Trinajstić information content (AvgIpc) is 2.97. The van der Waals surface area contributed by atoms with E-state index in [0.717, 1.165) is 14.3 Å². The molecule has 47 heavy (non-hydrogen) atoms. The van der Waals surface area contributed by atoms with Crippen molar-refractivity contribution in [2.75, 3.05) is 0 Å². The molecule has 4 aromatic carbocycles. The number of halogens is 2. The van der Waals surface area contributed by atoms with E-state index in [0.29, 0.717) is 0 Å². The first kappa shape index (κ1) is 38.0. The van der Waals surface area contributed by atoms with Crippen LogP contribution in [0.1, 0.15) is 105 Å². The second-order valence-electron chi connectivity index (χ2n) is 16.1. The Morgan fingerprint density at radius 3 is 0.681 bits per heavy atom. The molecule has 7 heteroatoms. The molecule has 0 radical (unpaired) electrons. The molecule has 4 rings (SSSR count). The van der Waals surface area contributed by atoms with Crippen LogP contribution < -0.4 is 0 Å². The van der Waals surface area contributed by atoms with E-state index in [9.17, 15) is 8.42 Å².